The molecular weight excluding hydrogens is 294 g/mol. The molecule has 0 saturated heterocycles. The van der Waals surface area contributed by atoms with Crippen LogP contribution in [0.4, 0.5) is 5.69 Å². The van der Waals surface area contributed by atoms with Crippen molar-refractivity contribution in [2.45, 2.75) is 6.54 Å². The maximum Gasteiger partial charge on any atom is 0.200 e. The number of rotatable bonds is 5. The minimum absolute atomic E-state index is 0.0311. The molecule has 0 aliphatic carbocycles. The number of halogens is 1. The molecule has 6 heteroatoms. The molecule has 0 unspecified atom stereocenters. The number of hydrogen-bond donors (Lipinski definition) is 3. The molecule has 0 heterocycles. The van der Waals surface area contributed by atoms with Gasteiger partial charge in [0, 0.05) is 12.2 Å². The topological polar surface area (TPSA) is 71.0 Å². The van der Waals surface area contributed by atoms with E-state index in [0.29, 0.717) is 18.0 Å². The molecule has 112 valence electrons. The van der Waals surface area contributed by atoms with Crippen LogP contribution in [-0.2, 0) is 6.54 Å². The van der Waals surface area contributed by atoms with Crippen molar-refractivity contribution >= 4 is 17.3 Å². The first-order valence-electron chi connectivity index (χ1n) is 6.21. The molecule has 21 heavy (non-hydrogen) atoms. The monoisotopic (exact) mass is 309 g/mol. The second kappa shape index (κ2) is 6.45. The Hall–Kier alpha value is -2.27. The summed E-state index contributed by atoms with van der Waals surface area (Å²) >= 11 is 5.85. The molecule has 0 radical (unpaired) electrons. The molecule has 2 aromatic rings. The lowest BCUT2D eigenvalue weighted by molar-refractivity contribution is 0.339. The summed E-state index contributed by atoms with van der Waals surface area (Å²) in [6, 6.07) is 8.30. The Morgan fingerprint density at radius 3 is 2.19 bits per heavy atom. The maximum atomic E-state index is 9.85. The van der Waals surface area contributed by atoms with Crippen molar-refractivity contribution in [2.75, 3.05) is 19.5 Å². The third kappa shape index (κ3) is 3.44. The van der Waals surface area contributed by atoms with Gasteiger partial charge in [0.1, 0.15) is 5.75 Å². The van der Waals surface area contributed by atoms with E-state index in [9.17, 15) is 10.2 Å². The van der Waals surface area contributed by atoms with Gasteiger partial charge in [0.05, 0.1) is 19.2 Å². The molecular formula is C15H16ClNO4. The van der Waals surface area contributed by atoms with Gasteiger partial charge in [-0.1, -0.05) is 11.6 Å². The molecule has 0 aliphatic heterocycles. The van der Waals surface area contributed by atoms with Crippen molar-refractivity contribution in [3.05, 3.63) is 40.9 Å². The molecule has 0 aliphatic rings. The van der Waals surface area contributed by atoms with E-state index in [1.807, 2.05) is 0 Å². The third-order valence-corrected chi connectivity index (χ3v) is 3.29. The highest BCUT2D eigenvalue weighted by atomic mass is 35.5. The van der Waals surface area contributed by atoms with E-state index < -0.39 is 0 Å². The SMILES string of the molecule is COc1cc(CNc2ccc(O)c(Cl)c2)cc(OC)c1O. The van der Waals surface area contributed by atoms with Crippen LogP contribution in [0.25, 0.3) is 0 Å². The normalized spacial score (nSPS) is 10.2. The predicted molar refractivity (Wildman–Crippen MR) is 81.7 cm³/mol. The number of nitrogens with one attached hydrogen (secondary N) is 1. The summed E-state index contributed by atoms with van der Waals surface area (Å²) < 4.78 is 10.2. The van der Waals surface area contributed by atoms with Crippen molar-refractivity contribution in [3.8, 4) is 23.0 Å². The summed E-state index contributed by atoms with van der Waals surface area (Å²) in [6.07, 6.45) is 0. The van der Waals surface area contributed by atoms with E-state index in [-0.39, 0.29) is 16.5 Å². The zero-order valence-corrected chi connectivity index (χ0v) is 12.4. The number of anilines is 1. The molecule has 2 aromatic carbocycles. The van der Waals surface area contributed by atoms with Gasteiger partial charge in [-0.2, -0.15) is 0 Å². The third-order valence-electron chi connectivity index (χ3n) is 2.98. The van der Waals surface area contributed by atoms with E-state index in [0.717, 1.165) is 11.3 Å². The highest BCUT2D eigenvalue weighted by Gasteiger charge is 2.11. The second-order valence-electron chi connectivity index (χ2n) is 4.37. The standard InChI is InChI=1S/C15H16ClNO4/c1-20-13-5-9(6-14(21-2)15(13)19)8-17-10-3-4-12(18)11(16)7-10/h3-7,17-19H,8H2,1-2H3. The number of methoxy groups -OCH3 is 2. The highest BCUT2D eigenvalue weighted by Crippen LogP contribution is 2.37. The fraction of sp³-hybridized carbons (Fsp3) is 0.200. The van der Waals surface area contributed by atoms with Crippen LogP contribution in [0.2, 0.25) is 5.02 Å². The summed E-state index contributed by atoms with van der Waals surface area (Å²) in [5.41, 5.74) is 1.63. The number of phenolic OH excluding ortho intramolecular Hbond substituents is 2. The van der Waals surface area contributed by atoms with Crippen LogP contribution in [0.5, 0.6) is 23.0 Å². The molecule has 0 fully saturated rings. The van der Waals surface area contributed by atoms with Crippen LogP contribution in [-0.4, -0.2) is 24.4 Å². The number of ether oxygens (including phenoxy) is 2. The zero-order chi connectivity index (χ0) is 15.4. The van der Waals surface area contributed by atoms with Gasteiger partial charge >= 0.3 is 0 Å². The van der Waals surface area contributed by atoms with E-state index in [1.54, 1.807) is 24.3 Å². The molecule has 0 spiro atoms. The van der Waals surface area contributed by atoms with E-state index in [2.05, 4.69) is 5.32 Å². The molecule has 2 rings (SSSR count). The summed E-state index contributed by atoms with van der Waals surface area (Å²) in [6.45, 7) is 0.480. The molecule has 0 aromatic heterocycles. The Morgan fingerprint density at radius 2 is 1.67 bits per heavy atom. The lowest BCUT2D eigenvalue weighted by atomic mass is 10.1. The Balaban J connectivity index is 2.17. The lowest BCUT2D eigenvalue weighted by Gasteiger charge is -2.12. The summed E-state index contributed by atoms with van der Waals surface area (Å²) in [5, 5.41) is 22.7. The zero-order valence-electron chi connectivity index (χ0n) is 11.7. The Bertz CT molecular complexity index is 621. The Labute approximate surface area is 127 Å². The van der Waals surface area contributed by atoms with Crippen molar-refractivity contribution in [2.24, 2.45) is 0 Å². The van der Waals surface area contributed by atoms with Crippen molar-refractivity contribution in [1.29, 1.82) is 0 Å². The van der Waals surface area contributed by atoms with Gasteiger partial charge in [0.25, 0.3) is 0 Å². The van der Waals surface area contributed by atoms with Gasteiger partial charge in [-0.15, -0.1) is 0 Å². The fourth-order valence-electron chi connectivity index (χ4n) is 1.87. The maximum absolute atomic E-state index is 9.85. The first kappa shape index (κ1) is 15.1. The summed E-state index contributed by atoms with van der Waals surface area (Å²) in [5.74, 6) is 0.691. The summed E-state index contributed by atoms with van der Waals surface area (Å²) in [7, 11) is 2.96. The molecule has 0 amide bonds. The highest BCUT2D eigenvalue weighted by molar-refractivity contribution is 6.32. The average molecular weight is 310 g/mol. The van der Waals surface area contributed by atoms with Crippen LogP contribution in [0, 0.1) is 0 Å². The van der Waals surface area contributed by atoms with Gasteiger partial charge in [-0.05, 0) is 35.9 Å². The van der Waals surface area contributed by atoms with Crippen molar-refractivity contribution in [1.82, 2.24) is 0 Å². The van der Waals surface area contributed by atoms with Crippen LogP contribution in [0.1, 0.15) is 5.56 Å². The predicted octanol–water partition coefficient (Wildman–Crippen LogP) is 3.38. The number of benzene rings is 2. The van der Waals surface area contributed by atoms with Gasteiger partial charge in [0.15, 0.2) is 11.5 Å². The molecule has 5 nitrogen and oxygen atoms in total. The van der Waals surface area contributed by atoms with Crippen molar-refractivity contribution in [3.63, 3.8) is 0 Å². The van der Waals surface area contributed by atoms with Crippen LogP contribution in [0.3, 0.4) is 0 Å². The minimum atomic E-state index is -0.0311. The lowest BCUT2D eigenvalue weighted by Crippen LogP contribution is -2.01. The van der Waals surface area contributed by atoms with Crippen LogP contribution >= 0.6 is 11.6 Å². The first-order chi connectivity index (χ1) is 10.0. The number of aromatic hydroxyl groups is 2. The largest absolute Gasteiger partial charge is 0.506 e. The van der Waals surface area contributed by atoms with Crippen LogP contribution in [0.15, 0.2) is 30.3 Å². The fourth-order valence-corrected chi connectivity index (χ4v) is 2.05. The quantitative estimate of drug-likeness (QED) is 0.739. The number of phenols is 2. The first-order valence-corrected chi connectivity index (χ1v) is 6.59. The van der Waals surface area contributed by atoms with Gasteiger partial charge in [0.2, 0.25) is 5.75 Å². The number of hydrogen-bond acceptors (Lipinski definition) is 5. The minimum Gasteiger partial charge on any atom is -0.506 e. The smallest absolute Gasteiger partial charge is 0.200 e. The van der Waals surface area contributed by atoms with Gasteiger partial charge in [-0.3, -0.25) is 0 Å². The molecule has 0 atom stereocenters. The van der Waals surface area contributed by atoms with E-state index in [1.165, 1.54) is 20.3 Å². The second-order valence-corrected chi connectivity index (χ2v) is 4.78. The van der Waals surface area contributed by atoms with E-state index in [4.69, 9.17) is 21.1 Å². The van der Waals surface area contributed by atoms with E-state index >= 15 is 0 Å². The Morgan fingerprint density at radius 1 is 1.05 bits per heavy atom. The van der Waals surface area contributed by atoms with Gasteiger partial charge < -0.3 is 25.0 Å². The molecule has 0 bridgehead atoms. The molecule has 0 saturated carbocycles. The van der Waals surface area contributed by atoms with Gasteiger partial charge in [-0.25, -0.2) is 0 Å². The summed E-state index contributed by atoms with van der Waals surface area (Å²) in [4.78, 5) is 0. The van der Waals surface area contributed by atoms with Crippen molar-refractivity contribution < 1.29 is 19.7 Å². The average Bonchev–Trinajstić information content (AvgIpc) is 2.49. The van der Waals surface area contributed by atoms with Crippen LogP contribution < -0.4 is 14.8 Å². The molecule has 3 N–H and O–H groups in total. The Kier molecular flexibility index (Phi) is 4.65.